The van der Waals surface area contributed by atoms with Crippen LogP contribution in [0, 0.1) is 11.7 Å². The van der Waals surface area contributed by atoms with Crippen molar-refractivity contribution in [3.63, 3.8) is 0 Å². The first kappa shape index (κ1) is 22.8. The van der Waals surface area contributed by atoms with Gasteiger partial charge in [0.25, 0.3) is 0 Å². The average Bonchev–Trinajstić information content (AvgIpc) is 2.79. The maximum absolute atomic E-state index is 13.7. The van der Waals surface area contributed by atoms with Crippen LogP contribution >= 0.6 is 0 Å². The van der Waals surface area contributed by atoms with Crippen LogP contribution in [0.3, 0.4) is 0 Å². The van der Waals surface area contributed by atoms with Crippen molar-refractivity contribution < 1.29 is 31.8 Å². The number of anilines is 1. The Kier molecular flexibility index (Phi) is 7.01. The second-order valence-corrected chi connectivity index (χ2v) is 8.96. The molecule has 1 N–H and O–H groups in total. The lowest BCUT2D eigenvalue weighted by atomic mass is 9.98. The number of benzene rings is 2. The predicted molar refractivity (Wildman–Crippen MR) is 113 cm³/mol. The third kappa shape index (κ3) is 4.91. The molecule has 3 rings (SSSR count). The van der Waals surface area contributed by atoms with Crippen LogP contribution in [-0.2, 0) is 14.8 Å². The van der Waals surface area contributed by atoms with Gasteiger partial charge in [-0.2, -0.15) is 4.31 Å². The van der Waals surface area contributed by atoms with Gasteiger partial charge in [0.05, 0.1) is 32.9 Å². The molecule has 0 radical (unpaired) electrons. The zero-order valence-corrected chi connectivity index (χ0v) is 18.4. The van der Waals surface area contributed by atoms with E-state index in [0.29, 0.717) is 30.0 Å². The highest BCUT2D eigenvalue weighted by molar-refractivity contribution is 7.89. The second-order valence-electron chi connectivity index (χ2n) is 7.05. The van der Waals surface area contributed by atoms with Crippen LogP contribution in [0.2, 0.25) is 0 Å². The van der Waals surface area contributed by atoms with Gasteiger partial charge in [-0.1, -0.05) is 0 Å². The number of rotatable bonds is 7. The first-order valence-electron chi connectivity index (χ1n) is 9.66. The molecule has 8 nitrogen and oxygen atoms in total. The molecule has 1 fully saturated rings. The normalized spacial score (nSPS) is 17.1. The van der Waals surface area contributed by atoms with E-state index in [-0.39, 0.29) is 29.6 Å². The summed E-state index contributed by atoms with van der Waals surface area (Å²) in [7, 11) is 0.282. The summed E-state index contributed by atoms with van der Waals surface area (Å²) in [4.78, 5) is 12.6. The molecule has 0 saturated carbocycles. The Morgan fingerprint density at radius 3 is 2.48 bits per heavy atom. The number of sulfonamides is 1. The van der Waals surface area contributed by atoms with Crippen LogP contribution in [0.15, 0.2) is 41.3 Å². The molecule has 1 aliphatic heterocycles. The Labute approximate surface area is 181 Å². The summed E-state index contributed by atoms with van der Waals surface area (Å²) < 4.78 is 56.7. The molecule has 1 saturated heterocycles. The fourth-order valence-corrected chi connectivity index (χ4v) is 5.19. The van der Waals surface area contributed by atoms with Gasteiger partial charge in [0, 0.05) is 19.2 Å². The fraction of sp³-hybridized carbons (Fsp3) is 0.381. The molecule has 1 atom stereocenters. The molecular weight excluding hydrogens is 427 g/mol. The third-order valence-electron chi connectivity index (χ3n) is 5.16. The standard InChI is InChI=1S/C21H25FN2O6S/c1-28-16-7-8-17(19(12-16)30-3)23-21(25)14-5-4-10-24(13-14)31(26,27)20-11-15(22)6-9-18(20)29-2/h6-9,11-12,14H,4-5,10,13H2,1-3H3,(H,23,25)/t14-/m0/s1. The molecular formula is C21H25FN2O6S. The van der Waals surface area contributed by atoms with E-state index in [1.807, 2.05) is 0 Å². The molecule has 1 heterocycles. The molecule has 0 aliphatic carbocycles. The van der Waals surface area contributed by atoms with Crippen molar-refractivity contribution in [3.05, 3.63) is 42.2 Å². The number of nitrogens with one attached hydrogen (secondary N) is 1. The molecule has 0 unspecified atom stereocenters. The van der Waals surface area contributed by atoms with Crippen LogP contribution < -0.4 is 19.5 Å². The molecule has 0 bridgehead atoms. The van der Waals surface area contributed by atoms with Crippen molar-refractivity contribution in [2.24, 2.45) is 5.92 Å². The van der Waals surface area contributed by atoms with Gasteiger partial charge in [0.2, 0.25) is 15.9 Å². The Bertz CT molecular complexity index is 1060. The van der Waals surface area contributed by atoms with Crippen molar-refractivity contribution in [2.75, 3.05) is 39.7 Å². The largest absolute Gasteiger partial charge is 0.497 e. The number of hydrogen-bond donors (Lipinski definition) is 1. The number of methoxy groups -OCH3 is 3. The smallest absolute Gasteiger partial charge is 0.246 e. The average molecular weight is 453 g/mol. The predicted octanol–water partition coefficient (Wildman–Crippen LogP) is 2.89. The van der Waals surface area contributed by atoms with Gasteiger partial charge in [-0.05, 0) is 43.2 Å². The van der Waals surface area contributed by atoms with Crippen molar-refractivity contribution in [1.82, 2.24) is 4.31 Å². The minimum atomic E-state index is -4.04. The van der Waals surface area contributed by atoms with Crippen molar-refractivity contribution >= 4 is 21.6 Å². The van der Waals surface area contributed by atoms with E-state index >= 15 is 0 Å². The highest BCUT2D eigenvalue weighted by Gasteiger charge is 2.35. The van der Waals surface area contributed by atoms with Crippen molar-refractivity contribution in [2.45, 2.75) is 17.7 Å². The Balaban J connectivity index is 1.79. The minimum absolute atomic E-state index is 0.0215. The zero-order valence-electron chi connectivity index (χ0n) is 17.6. The number of carbonyl (C=O) groups excluding carboxylic acids is 1. The van der Waals surface area contributed by atoms with Crippen molar-refractivity contribution in [3.8, 4) is 17.2 Å². The highest BCUT2D eigenvalue weighted by Crippen LogP contribution is 2.32. The number of piperidine rings is 1. The van der Waals surface area contributed by atoms with Gasteiger partial charge in [0.15, 0.2) is 0 Å². The van der Waals surface area contributed by atoms with Gasteiger partial charge >= 0.3 is 0 Å². The summed E-state index contributed by atoms with van der Waals surface area (Å²) in [5.41, 5.74) is 0.458. The maximum Gasteiger partial charge on any atom is 0.246 e. The number of halogens is 1. The minimum Gasteiger partial charge on any atom is -0.497 e. The summed E-state index contributed by atoms with van der Waals surface area (Å²) in [6, 6.07) is 8.32. The molecule has 2 aromatic carbocycles. The van der Waals surface area contributed by atoms with Crippen LogP contribution in [0.25, 0.3) is 0 Å². The molecule has 1 amide bonds. The molecule has 168 valence electrons. The monoisotopic (exact) mass is 452 g/mol. The van der Waals surface area contributed by atoms with E-state index in [1.165, 1.54) is 31.7 Å². The SMILES string of the molecule is COc1ccc(NC(=O)[C@H]2CCCN(S(=O)(=O)c3cc(F)ccc3OC)C2)c(OC)c1. The molecule has 1 aliphatic rings. The van der Waals surface area contributed by atoms with Gasteiger partial charge in [-0.3, -0.25) is 4.79 Å². The van der Waals surface area contributed by atoms with Gasteiger partial charge < -0.3 is 19.5 Å². The van der Waals surface area contributed by atoms with Crippen molar-refractivity contribution in [1.29, 1.82) is 0 Å². The summed E-state index contributed by atoms with van der Waals surface area (Å²) in [5, 5.41) is 2.80. The number of amides is 1. The number of nitrogens with zero attached hydrogens (tertiary/aromatic N) is 1. The fourth-order valence-electron chi connectivity index (χ4n) is 3.50. The van der Waals surface area contributed by atoms with Crippen LogP contribution in [0.1, 0.15) is 12.8 Å². The summed E-state index contributed by atoms with van der Waals surface area (Å²) in [5.74, 6) is -0.524. The summed E-state index contributed by atoms with van der Waals surface area (Å²) in [6.45, 7) is 0.212. The lowest BCUT2D eigenvalue weighted by Gasteiger charge is -2.31. The molecule has 2 aromatic rings. The summed E-state index contributed by atoms with van der Waals surface area (Å²) >= 11 is 0. The number of hydrogen-bond acceptors (Lipinski definition) is 6. The number of ether oxygens (including phenoxy) is 3. The third-order valence-corrected chi connectivity index (χ3v) is 7.05. The van der Waals surface area contributed by atoms with Crippen LogP contribution in [-0.4, -0.2) is 53.0 Å². The lowest BCUT2D eigenvalue weighted by Crippen LogP contribution is -2.43. The molecule has 10 heteroatoms. The summed E-state index contributed by atoms with van der Waals surface area (Å²) in [6.07, 6.45) is 1.02. The van der Waals surface area contributed by atoms with Crippen LogP contribution in [0.5, 0.6) is 17.2 Å². The van der Waals surface area contributed by atoms with E-state index < -0.39 is 21.8 Å². The highest BCUT2D eigenvalue weighted by atomic mass is 32.2. The van der Waals surface area contributed by atoms with E-state index in [2.05, 4.69) is 5.32 Å². The van der Waals surface area contributed by atoms with Gasteiger partial charge in [-0.15, -0.1) is 0 Å². The topological polar surface area (TPSA) is 94.2 Å². The Hall–Kier alpha value is -2.85. The van der Waals surface area contributed by atoms with Crippen LogP contribution in [0.4, 0.5) is 10.1 Å². The quantitative estimate of drug-likeness (QED) is 0.694. The van der Waals surface area contributed by atoms with E-state index in [4.69, 9.17) is 14.2 Å². The molecule has 31 heavy (non-hydrogen) atoms. The maximum atomic E-state index is 13.7. The molecule has 0 spiro atoms. The Morgan fingerprint density at radius 1 is 1.06 bits per heavy atom. The first-order chi connectivity index (χ1) is 14.8. The van der Waals surface area contributed by atoms with E-state index in [0.717, 1.165) is 12.1 Å². The van der Waals surface area contributed by atoms with Gasteiger partial charge in [-0.25, -0.2) is 12.8 Å². The van der Waals surface area contributed by atoms with E-state index in [9.17, 15) is 17.6 Å². The number of carbonyl (C=O) groups is 1. The lowest BCUT2D eigenvalue weighted by molar-refractivity contribution is -0.120. The Morgan fingerprint density at radius 2 is 1.81 bits per heavy atom. The molecule has 0 aromatic heterocycles. The zero-order chi connectivity index (χ0) is 22.6. The second kappa shape index (κ2) is 9.52. The first-order valence-corrected chi connectivity index (χ1v) is 11.1. The van der Waals surface area contributed by atoms with Gasteiger partial charge in [0.1, 0.15) is 28.0 Å². The van der Waals surface area contributed by atoms with E-state index in [1.54, 1.807) is 18.2 Å².